The van der Waals surface area contributed by atoms with E-state index in [1.165, 1.54) is 5.54 Å². The Morgan fingerprint density at radius 2 is 1.65 bits per heavy atom. The zero-order valence-corrected chi connectivity index (χ0v) is 14.8. The lowest BCUT2D eigenvalue weighted by atomic mass is 9.88. The predicted molar refractivity (Wildman–Crippen MR) is 96.4 cm³/mol. The summed E-state index contributed by atoms with van der Waals surface area (Å²) < 4.78 is 11.7. The van der Waals surface area contributed by atoms with Crippen LogP contribution in [0.5, 0.6) is 11.5 Å². The molecule has 0 atom stereocenters. The second kappa shape index (κ2) is 8.28. The van der Waals surface area contributed by atoms with Crippen LogP contribution in [0.1, 0.15) is 20.3 Å². The highest BCUT2D eigenvalue weighted by Gasteiger charge is 2.25. The number of rotatable bonds is 7. The Morgan fingerprint density at radius 3 is 2.26 bits per heavy atom. The molecule has 122 valence electrons. The molecular formula is C19H20Cl2O2. The first-order chi connectivity index (χ1) is 11.0. The van der Waals surface area contributed by atoms with Gasteiger partial charge in [0, 0.05) is 16.0 Å². The van der Waals surface area contributed by atoms with Crippen LogP contribution in [0.4, 0.5) is 0 Å². The zero-order valence-electron chi connectivity index (χ0n) is 13.3. The summed E-state index contributed by atoms with van der Waals surface area (Å²) in [6, 6.07) is 16.9. The Bertz CT molecular complexity index is 634. The van der Waals surface area contributed by atoms with Crippen molar-refractivity contribution in [2.24, 2.45) is 5.41 Å². The van der Waals surface area contributed by atoms with Gasteiger partial charge in [-0.05, 0) is 42.8 Å². The highest BCUT2D eigenvalue weighted by Crippen LogP contribution is 2.33. The van der Waals surface area contributed by atoms with Crippen molar-refractivity contribution >= 4 is 23.2 Å². The summed E-state index contributed by atoms with van der Waals surface area (Å²) in [5.41, 5.74) is 1.25. The van der Waals surface area contributed by atoms with Crippen LogP contribution in [-0.4, -0.2) is 6.61 Å². The van der Waals surface area contributed by atoms with Crippen LogP contribution in [0.3, 0.4) is 0 Å². The first kappa shape index (κ1) is 17.7. The van der Waals surface area contributed by atoms with Crippen molar-refractivity contribution in [2.75, 3.05) is 6.61 Å². The van der Waals surface area contributed by atoms with Crippen LogP contribution in [0.25, 0.3) is 0 Å². The van der Waals surface area contributed by atoms with Gasteiger partial charge in [-0.25, -0.2) is 0 Å². The minimum Gasteiger partial charge on any atom is -0.494 e. The number of halogens is 2. The lowest BCUT2D eigenvalue weighted by Crippen LogP contribution is -2.22. The van der Waals surface area contributed by atoms with Gasteiger partial charge in [-0.15, -0.1) is 0 Å². The molecular weight excluding hydrogens is 331 g/mol. The van der Waals surface area contributed by atoms with Gasteiger partial charge in [-0.3, -0.25) is 0 Å². The van der Waals surface area contributed by atoms with E-state index in [1.54, 1.807) is 0 Å². The quantitative estimate of drug-likeness (QED) is 0.546. The minimum absolute atomic E-state index is 0.246. The van der Waals surface area contributed by atoms with Crippen molar-refractivity contribution in [1.82, 2.24) is 0 Å². The van der Waals surface area contributed by atoms with E-state index < -0.39 is 0 Å². The standard InChI is InChI=1S/C19H20Cl2O2/c1-19(2,12-13-22-16-10-8-15(21)9-11-16)18(14-20)23-17-6-4-3-5-7-17/h3-11,14H,12-13H2,1-2H3. The molecule has 2 aromatic rings. The molecule has 4 heteroatoms. The lowest BCUT2D eigenvalue weighted by molar-refractivity contribution is 0.206. The van der Waals surface area contributed by atoms with Gasteiger partial charge in [0.15, 0.2) is 0 Å². The molecule has 0 aliphatic heterocycles. The number of hydrogen-bond acceptors (Lipinski definition) is 2. The van der Waals surface area contributed by atoms with Crippen LogP contribution in [0.2, 0.25) is 5.02 Å². The Hall–Kier alpha value is -1.64. The van der Waals surface area contributed by atoms with Crippen molar-refractivity contribution in [3.8, 4) is 11.5 Å². The van der Waals surface area contributed by atoms with Crippen LogP contribution < -0.4 is 9.47 Å². The van der Waals surface area contributed by atoms with Crippen molar-refractivity contribution < 1.29 is 9.47 Å². The largest absolute Gasteiger partial charge is 0.494 e. The number of hydrogen-bond donors (Lipinski definition) is 0. The van der Waals surface area contributed by atoms with E-state index in [2.05, 4.69) is 13.8 Å². The van der Waals surface area contributed by atoms with Gasteiger partial charge in [0.05, 0.1) is 6.61 Å². The maximum absolute atomic E-state index is 5.97. The summed E-state index contributed by atoms with van der Waals surface area (Å²) in [4.78, 5) is 0. The molecule has 0 amide bonds. The Labute approximate surface area is 147 Å². The first-order valence-electron chi connectivity index (χ1n) is 7.43. The van der Waals surface area contributed by atoms with Crippen molar-refractivity contribution in [3.05, 3.63) is 70.9 Å². The molecule has 2 nitrogen and oxygen atoms in total. The molecule has 0 spiro atoms. The van der Waals surface area contributed by atoms with Crippen molar-refractivity contribution in [1.29, 1.82) is 0 Å². The Kier molecular flexibility index (Phi) is 6.37. The fourth-order valence-electron chi connectivity index (χ4n) is 2.00. The Balaban J connectivity index is 1.92. The van der Waals surface area contributed by atoms with E-state index in [0.29, 0.717) is 17.4 Å². The number of para-hydroxylation sites is 1. The van der Waals surface area contributed by atoms with Crippen LogP contribution in [-0.2, 0) is 0 Å². The fraction of sp³-hybridized carbons (Fsp3) is 0.263. The third-order valence-electron chi connectivity index (χ3n) is 3.55. The molecule has 0 aliphatic carbocycles. The SMILES string of the molecule is CC(C)(CCOc1ccc(Cl)cc1)C(=CCl)Oc1ccccc1. The molecule has 0 bridgehead atoms. The molecule has 0 unspecified atom stereocenters. The summed E-state index contributed by atoms with van der Waals surface area (Å²) in [5.74, 6) is 2.28. The van der Waals surface area contributed by atoms with Crippen molar-refractivity contribution in [2.45, 2.75) is 20.3 Å². The van der Waals surface area contributed by atoms with E-state index in [4.69, 9.17) is 32.7 Å². The number of ether oxygens (including phenoxy) is 2. The van der Waals surface area contributed by atoms with Gasteiger partial charge < -0.3 is 9.47 Å². The molecule has 0 heterocycles. The van der Waals surface area contributed by atoms with Gasteiger partial charge in [-0.2, -0.15) is 0 Å². The van der Waals surface area contributed by atoms with Gasteiger partial charge in [0.25, 0.3) is 0 Å². The Morgan fingerprint density at radius 1 is 1.00 bits per heavy atom. The van der Waals surface area contributed by atoms with E-state index in [-0.39, 0.29) is 5.41 Å². The monoisotopic (exact) mass is 350 g/mol. The first-order valence-corrected chi connectivity index (χ1v) is 8.25. The molecule has 0 radical (unpaired) electrons. The van der Waals surface area contributed by atoms with Crippen molar-refractivity contribution in [3.63, 3.8) is 0 Å². The predicted octanol–water partition coefficient (Wildman–Crippen LogP) is 6.29. The second-order valence-electron chi connectivity index (χ2n) is 5.82. The van der Waals surface area contributed by atoms with Crippen LogP contribution in [0, 0.1) is 5.41 Å². The summed E-state index contributed by atoms with van der Waals surface area (Å²) in [5, 5.41) is 0.696. The number of benzene rings is 2. The van der Waals surface area contributed by atoms with Gasteiger partial charge in [0.2, 0.25) is 0 Å². The van der Waals surface area contributed by atoms with Gasteiger partial charge >= 0.3 is 0 Å². The normalized spacial score (nSPS) is 12.1. The average molecular weight is 351 g/mol. The van der Waals surface area contributed by atoms with Gasteiger partial charge in [0.1, 0.15) is 17.3 Å². The smallest absolute Gasteiger partial charge is 0.127 e. The third-order valence-corrected chi connectivity index (χ3v) is 4.00. The topological polar surface area (TPSA) is 18.5 Å². The summed E-state index contributed by atoms with van der Waals surface area (Å²) in [6.45, 7) is 4.71. The lowest BCUT2D eigenvalue weighted by Gasteiger charge is -2.27. The second-order valence-corrected chi connectivity index (χ2v) is 6.48. The highest BCUT2D eigenvalue weighted by molar-refractivity contribution is 6.30. The average Bonchev–Trinajstić information content (AvgIpc) is 2.55. The van der Waals surface area contributed by atoms with Crippen LogP contribution in [0.15, 0.2) is 65.9 Å². The van der Waals surface area contributed by atoms with E-state index in [1.807, 2.05) is 54.6 Å². The molecule has 0 saturated carbocycles. The maximum atomic E-state index is 5.97. The summed E-state index contributed by atoms with van der Waals surface area (Å²) in [6.07, 6.45) is 0.765. The molecule has 0 aliphatic rings. The van der Waals surface area contributed by atoms with E-state index in [9.17, 15) is 0 Å². The van der Waals surface area contributed by atoms with E-state index >= 15 is 0 Å². The third kappa shape index (κ3) is 5.49. The molecule has 2 rings (SSSR count). The van der Waals surface area contributed by atoms with E-state index in [0.717, 1.165) is 17.9 Å². The minimum atomic E-state index is -0.246. The molecule has 2 aromatic carbocycles. The highest BCUT2D eigenvalue weighted by atomic mass is 35.5. The fourth-order valence-corrected chi connectivity index (χ4v) is 2.47. The molecule has 23 heavy (non-hydrogen) atoms. The molecule has 0 aromatic heterocycles. The summed E-state index contributed by atoms with van der Waals surface area (Å²) >= 11 is 11.8. The zero-order chi connectivity index (χ0) is 16.7. The molecule has 0 fully saturated rings. The molecule has 0 N–H and O–H groups in total. The van der Waals surface area contributed by atoms with Crippen LogP contribution >= 0.6 is 23.2 Å². The van der Waals surface area contributed by atoms with Gasteiger partial charge in [-0.1, -0.05) is 55.2 Å². The number of allylic oxidation sites excluding steroid dienone is 1. The summed E-state index contributed by atoms with van der Waals surface area (Å²) in [7, 11) is 0. The maximum Gasteiger partial charge on any atom is 0.127 e. The molecule has 0 saturated heterocycles.